The van der Waals surface area contributed by atoms with Gasteiger partial charge < -0.3 is 4.43 Å². The number of hydrogen-bond donors (Lipinski definition) is 0. The number of pyridine rings is 1. The van der Waals surface area contributed by atoms with E-state index in [9.17, 15) is 0 Å². The molecule has 0 aliphatic carbocycles. The van der Waals surface area contributed by atoms with E-state index in [1.165, 1.54) is 5.56 Å². The Morgan fingerprint density at radius 1 is 1.26 bits per heavy atom. The molecule has 0 bridgehead atoms. The summed E-state index contributed by atoms with van der Waals surface area (Å²) in [5.41, 5.74) is 2.87. The molecule has 0 unspecified atom stereocenters. The van der Waals surface area contributed by atoms with Crippen LogP contribution in [0.1, 0.15) is 12.7 Å². The molecule has 1 radical (unpaired) electrons. The van der Waals surface area contributed by atoms with Crippen LogP contribution in [0.4, 0.5) is 5.69 Å². The number of aryl methyl sites for hydroxylation is 1. The largest absolute Gasteiger partial charge is 1.00 e. The lowest BCUT2D eigenvalue weighted by molar-refractivity contribution is 0.581. The molecule has 0 amide bonds. The second kappa shape index (κ2) is 6.29. The molecule has 0 saturated heterocycles. The molecular weight excluding hydrogens is 252 g/mol. The Balaban J connectivity index is 0.00000200. The maximum atomic E-state index is 5.88. The van der Waals surface area contributed by atoms with Crippen molar-refractivity contribution in [1.82, 2.24) is 4.98 Å². The first-order chi connectivity index (χ1) is 9.15. The van der Waals surface area contributed by atoms with Crippen LogP contribution in [0.2, 0.25) is 13.1 Å². The zero-order valence-corrected chi connectivity index (χ0v) is 12.4. The van der Waals surface area contributed by atoms with Crippen LogP contribution >= 0.6 is 0 Å². The molecule has 97 valence electrons. The summed E-state index contributed by atoms with van der Waals surface area (Å²) in [6, 6.07) is 11.8. The van der Waals surface area contributed by atoms with E-state index in [-0.39, 0.29) is 1.43 Å². The minimum absolute atomic E-state index is 0. The van der Waals surface area contributed by atoms with E-state index in [4.69, 9.17) is 4.43 Å². The number of nitrogens with zero attached hydrogens (tertiary/aromatic N) is 2. The first-order valence-electron chi connectivity index (χ1n) is 6.19. The first kappa shape index (κ1) is 13.5. The highest BCUT2D eigenvalue weighted by molar-refractivity contribution is 6.49. The molecule has 3 nitrogen and oxygen atoms in total. The molecule has 1 aromatic carbocycles. The minimum atomic E-state index is -0.797. The minimum Gasteiger partial charge on any atom is -0.541 e. The maximum absolute atomic E-state index is 5.88. The van der Waals surface area contributed by atoms with Gasteiger partial charge >= 0.3 is 1.43 Å². The van der Waals surface area contributed by atoms with Crippen molar-refractivity contribution in [1.29, 1.82) is 0 Å². The highest BCUT2D eigenvalue weighted by Gasteiger charge is 2.06. The molecule has 0 fully saturated rings. The van der Waals surface area contributed by atoms with E-state index in [2.05, 4.69) is 30.0 Å². The predicted octanol–water partition coefficient (Wildman–Crippen LogP) is 3.88. The third-order valence-electron chi connectivity index (χ3n) is 2.45. The van der Waals surface area contributed by atoms with Gasteiger partial charge in [0.1, 0.15) is 11.4 Å². The fraction of sp³-hybridized carbons (Fsp3) is 0.200. The van der Waals surface area contributed by atoms with Gasteiger partial charge in [-0.2, -0.15) is 0 Å². The first-order valence-corrected chi connectivity index (χ1v) is 8.60. The Kier molecular flexibility index (Phi) is 4.47. The van der Waals surface area contributed by atoms with Gasteiger partial charge in [0.25, 0.3) is 9.04 Å². The Hall–Kier alpha value is -1.94. The van der Waals surface area contributed by atoms with Crippen molar-refractivity contribution in [3.05, 3.63) is 53.9 Å². The molecule has 19 heavy (non-hydrogen) atoms. The van der Waals surface area contributed by atoms with Crippen LogP contribution in [0.25, 0.3) is 0 Å². The molecule has 0 aliphatic rings. The topological polar surface area (TPSA) is 34.5 Å². The molecule has 0 N–H and O–H groups in total. The molecule has 2 aromatic rings. The average molecular weight is 270 g/mol. The summed E-state index contributed by atoms with van der Waals surface area (Å²) >= 11 is 0. The molecule has 4 heteroatoms. The van der Waals surface area contributed by atoms with Gasteiger partial charge in [-0.3, -0.25) is 9.98 Å². The van der Waals surface area contributed by atoms with Crippen molar-refractivity contribution in [2.24, 2.45) is 4.99 Å². The monoisotopic (exact) mass is 270 g/mol. The lowest BCUT2D eigenvalue weighted by Crippen LogP contribution is -2.11. The van der Waals surface area contributed by atoms with Gasteiger partial charge in [0.05, 0.1) is 11.9 Å². The van der Waals surface area contributed by atoms with E-state index in [0.717, 1.165) is 17.1 Å². The predicted molar refractivity (Wildman–Crippen MR) is 81.9 cm³/mol. The zero-order chi connectivity index (χ0) is 13.7. The third-order valence-corrected chi connectivity index (χ3v) is 3.08. The second-order valence-corrected chi connectivity index (χ2v) is 6.51. The van der Waals surface area contributed by atoms with E-state index in [1.54, 1.807) is 12.4 Å². The molecule has 0 atom stereocenters. The molecule has 0 saturated carbocycles. The van der Waals surface area contributed by atoms with E-state index in [1.807, 2.05) is 36.4 Å². The number of hydrogen-bond acceptors (Lipinski definition) is 3. The van der Waals surface area contributed by atoms with Gasteiger partial charge in [-0.15, -0.1) is 0 Å². The Labute approximate surface area is 117 Å². The van der Waals surface area contributed by atoms with Crippen LogP contribution in [0.3, 0.4) is 0 Å². The van der Waals surface area contributed by atoms with Crippen molar-refractivity contribution < 1.29 is 5.85 Å². The molecule has 0 spiro atoms. The Morgan fingerprint density at radius 3 is 2.79 bits per heavy atom. The lowest BCUT2D eigenvalue weighted by Gasteiger charge is -2.11. The van der Waals surface area contributed by atoms with E-state index >= 15 is 0 Å². The van der Waals surface area contributed by atoms with Crippen LogP contribution in [0.5, 0.6) is 5.75 Å². The third kappa shape index (κ3) is 4.03. The summed E-state index contributed by atoms with van der Waals surface area (Å²) in [6.45, 7) is 6.27. The summed E-state index contributed by atoms with van der Waals surface area (Å²) < 4.78 is 5.88. The van der Waals surface area contributed by atoms with Crippen LogP contribution in [0.15, 0.2) is 47.6 Å². The maximum Gasteiger partial charge on any atom is 1.00 e. The molecule has 0 aliphatic heterocycles. The standard InChI is InChI=1S/C15H17N2OSi/c1-12-7-8-14(15(10-12)18-19(2)3)17-11-13-6-4-5-9-16-13/h4-11H,1-3H3/p+1. The lowest BCUT2D eigenvalue weighted by atomic mass is 10.2. The fourth-order valence-corrected chi connectivity index (χ4v) is 2.22. The summed E-state index contributed by atoms with van der Waals surface area (Å²) in [5, 5.41) is 0. The summed E-state index contributed by atoms with van der Waals surface area (Å²) in [4.78, 5) is 8.69. The van der Waals surface area contributed by atoms with Crippen LogP contribution in [-0.2, 0) is 0 Å². The quantitative estimate of drug-likeness (QED) is 0.624. The number of rotatable bonds is 4. The zero-order valence-electron chi connectivity index (χ0n) is 12.4. The average Bonchev–Trinajstić information content (AvgIpc) is 2.38. The van der Waals surface area contributed by atoms with Crippen LogP contribution in [0, 0.1) is 6.92 Å². The summed E-state index contributed by atoms with van der Waals surface area (Å²) in [5.74, 6) is 0.853. The van der Waals surface area contributed by atoms with E-state index in [0.29, 0.717) is 0 Å². The van der Waals surface area contributed by atoms with Gasteiger partial charge in [-0.1, -0.05) is 12.1 Å². The number of aliphatic imine (C=N–C) groups is 1. The molecule has 2 rings (SSSR count). The SMILES string of the molecule is Cc1ccc(N=Cc2ccccn2)c(O[Si](C)C)c1.[H+]. The van der Waals surface area contributed by atoms with Crippen molar-refractivity contribution in [3.8, 4) is 5.75 Å². The van der Waals surface area contributed by atoms with Gasteiger partial charge in [0, 0.05) is 6.20 Å². The van der Waals surface area contributed by atoms with Gasteiger partial charge in [-0.05, 0) is 49.8 Å². The number of benzene rings is 1. The van der Waals surface area contributed by atoms with Crippen molar-refractivity contribution in [3.63, 3.8) is 0 Å². The van der Waals surface area contributed by atoms with Gasteiger partial charge in [-0.25, -0.2) is 0 Å². The number of aromatic nitrogens is 1. The Bertz CT molecular complexity index is 573. The molecule has 1 heterocycles. The van der Waals surface area contributed by atoms with Crippen LogP contribution < -0.4 is 4.43 Å². The van der Waals surface area contributed by atoms with Crippen molar-refractivity contribution >= 4 is 20.9 Å². The van der Waals surface area contributed by atoms with Gasteiger partial charge in [0.15, 0.2) is 0 Å². The fourth-order valence-electron chi connectivity index (χ4n) is 1.62. The molecule has 1 aromatic heterocycles. The highest BCUT2D eigenvalue weighted by atomic mass is 28.3. The summed E-state index contributed by atoms with van der Waals surface area (Å²) in [7, 11) is -0.797. The van der Waals surface area contributed by atoms with E-state index < -0.39 is 9.04 Å². The second-order valence-electron chi connectivity index (χ2n) is 4.49. The van der Waals surface area contributed by atoms with Crippen LogP contribution in [-0.4, -0.2) is 20.2 Å². The Morgan fingerprint density at radius 2 is 2.11 bits per heavy atom. The normalized spacial score (nSPS) is 11.2. The molecular formula is C15H18N2OSi+. The smallest absolute Gasteiger partial charge is 0.541 e. The highest BCUT2D eigenvalue weighted by Crippen LogP contribution is 2.28. The van der Waals surface area contributed by atoms with Crippen molar-refractivity contribution in [2.45, 2.75) is 20.0 Å². The summed E-state index contributed by atoms with van der Waals surface area (Å²) in [6.07, 6.45) is 3.52. The van der Waals surface area contributed by atoms with Gasteiger partial charge in [0.2, 0.25) is 0 Å². The van der Waals surface area contributed by atoms with Crippen molar-refractivity contribution in [2.75, 3.05) is 0 Å².